The van der Waals surface area contributed by atoms with Crippen LogP contribution in [0.15, 0.2) is 0 Å². The van der Waals surface area contributed by atoms with Crippen molar-refractivity contribution in [3.63, 3.8) is 0 Å². The molecule has 0 aromatic rings. The van der Waals surface area contributed by atoms with Crippen molar-refractivity contribution in [1.82, 2.24) is 5.32 Å². The molecule has 0 aromatic carbocycles. The van der Waals surface area contributed by atoms with Crippen LogP contribution in [-0.4, -0.2) is 17.7 Å². The zero-order chi connectivity index (χ0) is 12.8. The second-order valence-corrected chi connectivity index (χ2v) is 5.02. The van der Waals surface area contributed by atoms with E-state index in [4.69, 9.17) is 10.00 Å². The molecule has 0 fully saturated rings. The number of hydrogen-bond acceptors (Lipinski definition) is 3. The summed E-state index contributed by atoms with van der Waals surface area (Å²) in [5.74, 6) is -0.0557. The Hall–Kier alpha value is -1.24. The van der Waals surface area contributed by atoms with Crippen LogP contribution in [0.25, 0.3) is 0 Å². The van der Waals surface area contributed by atoms with Crippen molar-refractivity contribution in [2.24, 2.45) is 5.92 Å². The molecule has 1 amide bonds. The van der Waals surface area contributed by atoms with E-state index in [1.54, 1.807) is 0 Å². The first-order valence-electron chi connectivity index (χ1n) is 5.67. The van der Waals surface area contributed by atoms with Crippen molar-refractivity contribution in [3.05, 3.63) is 0 Å². The van der Waals surface area contributed by atoms with Gasteiger partial charge in [0.25, 0.3) is 0 Å². The smallest absolute Gasteiger partial charge is 0.407 e. The van der Waals surface area contributed by atoms with Gasteiger partial charge in [0.05, 0.1) is 6.07 Å². The van der Waals surface area contributed by atoms with Crippen LogP contribution >= 0.6 is 0 Å². The molecule has 0 aliphatic carbocycles. The predicted octanol–water partition coefficient (Wildman–Crippen LogP) is 2.84. The lowest BCUT2D eigenvalue weighted by molar-refractivity contribution is 0.0498. The molecule has 0 saturated heterocycles. The average molecular weight is 226 g/mol. The highest BCUT2D eigenvalue weighted by Gasteiger charge is 2.19. The van der Waals surface area contributed by atoms with Crippen molar-refractivity contribution in [2.45, 2.75) is 59.1 Å². The standard InChI is InChI=1S/C12H22N2O2/c1-6-10(7-9(2)8-13)14-11(15)16-12(3,4)5/h9-10H,6-7H2,1-5H3,(H,14,15)/t9-,10-/m1/s1. The van der Waals surface area contributed by atoms with Crippen LogP contribution in [0.2, 0.25) is 0 Å². The quantitative estimate of drug-likeness (QED) is 0.801. The van der Waals surface area contributed by atoms with E-state index < -0.39 is 11.7 Å². The van der Waals surface area contributed by atoms with Gasteiger partial charge in [0.15, 0.2) is 0 Å². The van der Waals surface area contributed by atoms with Crippen molar-refractivity contribution >= 4 is 6.09 Å². The number of ether oxygens (including phenoxy) is 1. The molecule has 1 N–H and O–H groups in total. The molecule has 0 rings (SSSR count). The zero-order valence-corrected chi connectivity index (χ0v) is 10.8. The Bertz CT molecular complexity index is 263. The number of alkyl carbamates (subject to hydrolysis) is 1. The minimum atomic E-state index is -0.483. The third-order valence-corrected chi connectivity index (χ3v) is 2.07. The van der Waals surface area contributed by atoms with E-state index in [9.17, 15) is 4.79 Å². The number of nitriles is 1. The van der Waals surface area contributed by atoms with Gasteiger partial charge in [-0.05, 0) is 40.5 Å². The SMILES string of the molecule is CC[C@H](C[C@@H](C)C#N)NC(=O)OC(C)(C)C. The normalized spacial score (nSPS) is 14.8. The Morgan fingerprint density at radius 3 is 2.44 bits per heavy atom. The zero-order valence-electron chi connectivity index (χ0n) is 10.8. The van der Waals surface area contributed by atoms with Crippen molar-refractivity contribution in [2.75, 3.05) is 0 Å². The molecule has 0 radical (unpaired) electrons. The fourth-order valence-electron chi connectivity index (χ4n) is 1.28. The number of carbonyl (C=O) groups is 1. The summed E-state index contributed by atoms with van der Waals surface area (Å²) in [7, 11) is 0. The minimum Gasteiger partial charge on any atom is -0.444 e. The predicted molar refractivity (Wildman–Crippen MR) is 62.8 cm³/mol. The third kappa shape index (κ3) is 7.10. The lowest BCUT2D eigenvalue weighted by Crippen LogP contribution is -2.39. The third-order valence-electron chi connectivity index (χ3n) is 2.07. The molecule has 0 aromatic heterocycles. The highest BCUT2D eigenvalue weighted by molar-refractivity contribution is 5.68. The summed E-state index contributed by atoms with van der Waals surface area (Å²) in [6.45, 7) is 9.30. The van der Waals surface area contributed by atoms with Gasteiger partial charge in [-0.15, -0.1) is 0 Å². The molecule has 92 valence electrons. The summed E-state index contributed by atoms with van der Waals surface area (Å²) in [5, 5.41) is 11.5. The summed E-state index contributed by atoms with van der Waals surface area (Å²) in [4.78, 5) is 11.5. The van der Waals surface area contributed by atoms with Gasteiger partial charge in [0.1, 0.15) is 5.60 Å². The van der Waals surface area contributed by atoms with Crippen LogP contribution in [0.1, 0.15) is 47.5 Å². The molecule has 2 atom stereocenters. The first-order valence-corrected chi connectivity index (χ1v) is 5.67. The van der Waals surface area contributed by atoms with E-state index in [1.165, 1.54) is 0 Å². The van der Waals surface area contributed by atoms with Crippen LogP contribution in [-0.2, 0) is 4.74 Å². The fraction of sp³-hybridized carbons (Fsp3) is 0.833. The van der Waals surface area contributed by atoms with Gasteiger partial charge in [-0.25, -0.2) is 4.79 Å². The van der Waals surface area contributed by atoms with Crippen LogP contribution < -0.4 is 5.32 Å². The number of nitrogens with one attached hydrogen (secondary N) is 1. The summed E-state index contributed by atoms with van der Waals surface area (Å²) in [6, 6.07) is 2.16. The molecule has 16 heavy (non-hydrogen) atoms. The van der Waals surface area contributed by atoms with E-state index in [-0.39, 0.29) is 12.0 Å². The van der Waals surface area contributed by atoms with Crippen LogP contribution in [0.5, 0.6) is 0 Å². The maximum absolute atomic E-state index is 11.5. The Balaban J connectivity index is 4.13. The monoisotopic (exact) mass is 226 g/mol. The van der Waals surface area contributed by atoms with Gasteiger partial charge in [-0.3, -0.25) is 0 Å². The van der Waals surface area contributed by atoms with Crippen LogP contribution in [0.4, 0.5) is 4.79 Å². The maximum atomic E-state index is 11.5. The molecular formula is C12H22N2O2. The van der Waals surface area contributed by atoms with E-state index in [1.807, 2.05) is 34.6 Å². The van der Waals surface area contributed by atoms with Gasteiger partial charge < -0.3 is 10.1 Å². The summed E-state index contributed by atoms with van der Waals surface area (Å²) in [6.07, 6.45) is 1.04. The summed E-state index contributed by atoms with van der Waals surface area (Å²) in [5.41, 5.74) is -0.483. The Labute approximate surface area is 98.0 Å². The second-order valence-electron chi connectivity index (χ2n) is 5.02. The number of amides is 1. The average Bonchev–Trinajstić information content (AvgIpc) is 2.13. The van der Waals surface area contributed by atoms with E-state index >= 15 is 0 Å². The first-order chi connectivity index (χ1) is 7.28. The maximum Gasteiger partial charge on any atom is 0.407 e. The minimum absolute atomic E-state index is 0.00417. The number of rotatable bonds is 4. The largest absolute Gasteiger partial charge is 0.444 e. The van der Waals surface area contributed by atoms with E-state index in [2.05, 4.69) is 11.4 Å². The summed E-state index contributed by atoms with van der Waals surface area (Å²) < 4.78 is 5.15. The lowest BCUT2D eigenvalue weighted by atomic mass is 10.0. The second kappa shape index (κ2) is 6.37. The van der Waals surface area contributed by atoms with Crippen molar-refractivity contribution in [3.8, 4) is 6.07 Å². The first kappa shape index (κ1) is 14.8. The van der Waals surface area contributed by atoms with Gasteiger partial charge in [-0.2, -0.15) is 5.26 Å². The van der Waals surface area contributed by atoms with E-state index in [0.717, 1.165) is 6.42 Å². The number of carbonyl (C=O) groups excluding carboxylic acids is 1. The van der Waals surface area contributed by atoms with Crippen molar-refractivity contribution in [1.29, 1.82) is 5.26 Å². The molecule has 4 heteroatoms. The molecule has 0 spiro atoms. The van der Waals surface area contributed by atoms with Crippen molar-refractivity contribution < 1.29 is 9.53 Å². The molecule has 0 saturated carbocycles. The number of nitrogens with zero attached hydrogens (tertiary/aromatic N) is 1. The van der Waals surface area contributed by atoms with Crippen LogP contribution in [0, 0.1) is 17.2 Å². The fourth-order valence-corrected chi connectivity index (χ4v) is 1.28. The topological polar surface area (TPSA) is 62.1 Å². The van der Waals surface area contributed by atoms with Gasteiger partial charge >= 0.3 is 6.09 Å². The molecule has 4 nitrogen and oxygen atoms in total. The van der Waals surface area contributed by atoms with Gasteiger partial charge in [0.2, 0.25) is 0 Å². The Kier molecular flexibility index (Phi) is 5.87. The molecule has 0 heterocycles. The number of hydrogen-bond donors (Lipinski definition) is 1. The molecule has 0 aliphatic heterocycles. The van der Waals surface area contributed by atoms with Gasteiger partial charge in [0, 0.05) is 12.0 Å². The Morgan fingerprint density at radius 1 is 1.50 bits per heavy atom. The lowest BCUT2D eigenvalue weighted by Gasteiger charge is -2.23. The highest BCUT2D eigenvalue weighted by Crippen LogP contribution is 2.10. The van der Waals surface area contributed by atoms with E-state index in [0.29, 0.717) is 6.42 Å². The molecule has 0 unspecified atom stereocenters. The molecular weight excluding hydrogens is 204 g/mol. The summed E-state index contributed by atoms with van der Waals surface area (Å²) >= 11 is 0. The highest BCUT2D eigenvalue weighted by atomic mass is 16.6. The van der Waals surface area contributed by atoms with Crippen LogP contribution in [0.3, 0.4) is 0 Å². The van der Waals surface area contributed by atoms with Gasteiger partial charge in [-0.1, -0.05) is 6.92 Å². The Morgan fingerprint density at radius 2 is 2.06 bits per heavy atom. The molecule has 0 aliphatic rings. The molecule has 0 bridgehead atoms.